The lowest BCUT2D eigenvalue weighted by Crippen LogP contribution is -2.14. The van der Waals surface area contributed by atoms with Crippen molar-refractivity contribution in [3.05, 3.63) is 30.2 Å². The molecule has 1 heterocycles. The first-order valence-electron chi connectivity index (χ1n) is 7.01. The van der Waals surface area contributed by atoms with Crippen LogP contribution in [0.15, 0.2) is 28.7 Å². The number of nitrogens with zero attached hydrogens (tertiary/aromatic N) is 2. The van der Waals surface area contributed by atoms with Crippen LogP contribution in [0.2, 0.25) is 0 Å². The van der Waals surface area contributed by atoms with Crippen LogP contribution in [0, 0.1) is 0 Å². The zero-order chi connectivity index (χ0) is 14.2. The van der Waals surface area contributed by atoms with E-state index in [9.17, 15) is 0 Å². The normalized spacial score (nSPS) is 10.7. The minimum absolute atomic E-state index is 0.493. The Morgan fingerprint density at radius 3 is 2.85 bits per heavy atom. The Labute approximate surface area is 119 Å². The van der Waals surface area contributed by atoms with E-state index in [4.69, 9.17) is 9.15 Å². The Hall–Kier alpha value is -1.88. The standard InChI is InChI=1S/C15H21N3O2/c1-3-4-7-10-16-11-14-17-18-15(20-14)12-8-5-6-9-13(12)19-2/h5-6,8-9,16H,3-4,7,10-11H2,1-2H3. The molecule has 1 aromatic carbocycles. The molecule has 0 fully saturated rings. The first kappa shape index (κ1) is 14.5. The molecule has 5 heteroatoms. The molecular weight excluding hydrogens is 254 g/mol. The molecule has 0 atom stereocenters. The zero-order valence-corrected chi connectivity index (χ0v) is 12.1. The van der Waals surface area contributed by atoms with Gasteiger partial charge in [-0.25, -0.2) is 0 Å². The number of para-hydroxylation sites is 1. The number of aromatic nitrogens is 2. The van der Waals surface area contributed by atoms with Gasteiger partial charge in [-0.3, -0.25) is 0 Å². The number of hydrogen-bond donors (Lipinski definition) is 1. The summed E-state index contributed by atoms with van der Waals surface area (Å²) >= 11 is 0. The lowest BCUT2D eigenvalue weighted by atomic mass is 10.2. The van der Waals surface area contributed by atoms with Crippen LogP contribution >= 0.6 is 0 Å². The Kier molecular flexibility index (Phi) is 5.55. The lowest BCUT2D eigenvalue weighted by Gasteiger charge is -2.03. The fourth-order valence-electron chi connectivity index (χ4n) is 1.95. The molecule has 0 unspecified atom stereocenters. The monoisotopic (exact) mass is 275 g/mol. The molecule has 1 N–H and O–H groups in total. The van der Waals surface area contributed by atoms with Gasteiger partial charge in [0.1, 0.15) is 5.75 Å². The molecule has 0 saturated carbocycles. The largest absolute Gasteiger partial charge is 0.496 e. The average Bonchev–Trinajstić information content (AvgIpc) is 2.95. The Balaban J connectivity index is 1.95. The van der Waals surface area contributed by atoms with Crippen molar-refractivity contribution in [3.63, 3.8) is 0 Å². The Morgan fingerprint density at radius 1 is 1.20 bits per heavy atom. The molecule has 0 aliphatic carbocycles. The van der Waals surface area contributed by atoms with Gasteiger partial charge < -0.3 is 14.5 Å². The summed E-state index contributed by atoms with van der Waals surface area (Å²) in [5.41, 5.74) is 0.819. The number of benzene rings is 1. The number of ether oxygens (including phenoxy) is 1. The van der Waals surface area contributed by atoms with Crippen LogP contribution in [0.5, 0.6) is 5.75 Å². The van der Waals surface area contributed by atoms with Crippen molar-refractivity contribution < 1.29 is 9.15 Å². The Morgan fingerprint density at radius 2 is 2.05 bits per heavy atom. The van der Waals surface area contributed by atoms with Gasteiger partial charge in [0.25, 0.3) is 5.89 Å². The predicted octanol–water partition coefficient (Wildman–Crippen LogP) is 3.03. The Bertz CT molecular complexity index is 525. The molecule has 1 aromatic heterocycles. The van der Waals surface area contributed by atoms with E-state index in [2.05, 4.69) is 22.4 Å². The third-order valence-electron chi connectivity index (χ3n) is 3.04. The highest BCUT2D eigenvalue weighted by atomic mass is 16.5. The molecule has 108 valence electrons. The minimum atomic E-state index is 0.493. The van der Waals surface area contributed by atoms with E-state index in [0.29, 0.717) is 18.3 Å². The SMILES string of the molecule is CCCCCNCc1nnc(-c2ccccc2OC)o1. The molecule has 0 aliphatic rings. The summed E-state index contributed by atoms with van der Waals surface area (Å²) in [6.07, 6.45) is 3.63. The quantitative estimate of drug-likeness (QED) is 0.750. The number of rotatable bonds is 8. The summed E-state index contributed by atoms with van der Waals surface area (Å²) in [7, 11) is 1.63. The van der Waals surface area contributed by atoms with E-state index in [1.165, 1.54) is 19.3 Å². The molecule has 0 saturated heterocycles. The van der Waals surface area contributed by atoms with E-state index in [1.54, 1.807) is 7.11 Å². The highest BCUT2D eigenvalue weighted by Crippen LogP contribution is 2.28. The first-order chi connectivity index (χ1) is 9.85. The summed E-state index contributed by atoms with van der Waals surface area (Å²) in [6, 6.07) is 7.62. The van der Waals surface area contributed by atoms with Crippen molar-refractivity contribution in [3.8, 4) is 17.2 Å². The molecule has 0 bridgehead atoms. The van der Waals surface area contributed by atoms with E-state index >= 15 is 0 Å². The van der Waals surface area contributed by atoms with Gasteiger partial charge in [0.15, 0.2) is 0 Å². The van der Waals surface area contributed by atoms with Gasteiger partial charge in [0.05, 0.1) is 19.2 Å². The fourth-order valence-corrected chi connectivity index (χ4v) is 1.95. The molecule has 0 aliphatic heterocycles. The highest BCUT2D eigenvalue weighted by molar-refractivity contribution is 5.62. The second-order valence-electron chi connectivity index (χ2n) is 4.59. The summed E-state index contributed by atoms with van der Waals surface area (Å²) < 4.78 is 10.9. The smallest absolute Gasteiger partial charge is 0.251 e. The third-order valence-corrected chi connectivity index (χ3v) is 3.04. The van der Waals surface area contributed by atoms with Crippen molar-refractivity contribution in [2.75, 3.05) is 13.7 Å². The molecule has 2 rings (SSSR count). The third kappa shape index (κ3) is 3.81. The van der Waals surface area contributed by atoms with Crippen LogP contribution in [-0.4, -0.2) is 23.9 Å². The van der Waals surface area contributed by atoms with Crippen molar-refractivity contribution >= 4 is 0 Å². The van der Waals surface area contributed by atoms with Crippen LogP contribution in [0.1, 0.15) is 32.1 Å². The van der Waals surface area contributed by atoms with Crippen LogP contribution in [0.25, 0.3) is 11.5 Å². The average molecular weight is 275 g/mol. The number of nitrogens with one attached hydrogen (secondary N) is 1. The van der Waals surface area contributed by atoms with Gasteiger partial charge in [-0.15, -0.1) is 10.2 Å². The van der Waals surface area contributed by atoms with Gasteiger partial charge in [-0.2, -0.15) is 0 Å². The molecule has 20 heavy (non-hydrogen) atoms. The lowest BCUT2D eigenvalue weighted by molar-refractivity contribution is 0.412. The second-order valence-corrected chi connectivity index (χ2v) is 4.59. The van der Waals surface area contributed by atoms with Crippen molar-refractivity contribution in [1.82, 2.24) is 15.5 Å². The predicted molar refractivity (Wildman–Crippen MR) is 77.5 cm³/mol. The summed E-state index contributed by atoms with van der Waals surface area (Å²) in [4.78, 5) is 0. The van der Waals surface area contributed by atoms with Gasteiger partial charge in [0, 0.05) is 0 Å². The first-order valence-corrected chi connectivity index (χ1v) is 7.01. The summed E-state index contributed by atoms with van der Waals surface area (Å²) in [6.45, 7) is 3.77. The number of methoxy groups -OCH3 is 1. The van der Waals surface area contributed by atoms with E-state index in [1.807, 2.05) is 24.3 Å². The maximum Gasteiger partial charge on any atom is 0.251 e. The molecule has 0 amide bonds. The van der Waals surface area contributed by atoms with Gasteiger partial charge in [0.2, 0.25) is 5.89 Å². The van der Waals surface area contributed by atoms with Gasteiger partial charge in [-0.05, 0) is 25.1 Å². The maximum absolute atomic E-state index is 5.65. The van der Waals surface area contributed by atoms with Crippen molar-refractivity contribution in [1.29, 1.82) is 0 Å². The molecule has 5 nitrogen and oxygen atoms in total. The number of unbranched alkanes of at least 4 members (excludes halogenated alkanes) is 2. The van der Waals surface area contributed by atoms with Crippen LogP contribution < -0.4 is 10.1 Å². The summed E-state index contributed by atoms with van der Waals surface area (Å²) in [5.74, 6) is 1.83. The van der Waals surface area contributed by atoms with Gasteiger partial charge in [-0.1, -0.05) is 31.9 Å². The topological polar surface area (TPSA) is 60.2 Å². The molecule has 0 radical (unpaired) electrons. The summed E-state index contributed by atoms with van der Waals surface area (Å²) in [5, 5.41) is 11.4. The second kappa shape index (κ2) is 7.65. The van der Waals surface area contributed by atoms with Crippen LogP contribution in [-0.2, 0) is 6.54 Å². The highest BCUT2D eigenvalue weighted by Gasteiger charge is 2.12. The molecule has 0 spiro atoms. The van der Waals surface area contributed by atoms with Crippen molar-refractivity contribution in [2.24, 2.45) is 0 Å². The number of hydrogen-bond acceptors (Lipinski definition) is 5. The molecule has 2 aromatic rings. The maximum atomic E-state index is 5.65. The van der Waals surface area contributed by atoms with E-state index in [0.717, 1.165) is 17.9 Å². The van der Waals surface area contributed by atoms with Gasteiger partial charge >= 0.3 is 0 Å². The van der Waals surface area contributed by atoms with Crippen LogP contribution in [0.4, 0.5) is 0 Å². The van der Waals surface area contributed by atoms with Crippen molar-refractivity contribution in [2.45, 2.75) is 32.7 Å². The zero-order valence-electron chi connectivity index (χ0n) is 12.1. The van der Waals surface area contributed by atoms with Crippen LogP contribution in [0.3, 0.4) is 0 Å². The fraction of sp³-hybridized carbons (Fsp3) is 0.467. The van der Waals surface area contributed by atoms with E-state index < -0.39 is 0 Å². The van der Waals surface area contributed by atoms with E-state index in [-0.39, 0.29) is 0 Å². The minimum Gasteiger partial charge on any atom is -0.496 e. The molecular formula is C15H21N3O2.